The number of aromatic nitrogens is 1. The first-order chi connectivity index (χ1) is 15.0. The van der Waals surface area contributed by atoms with Crippen LogP contribution in [0.3, 0.4) is 0 Å². The van der Waals surface area contributed by atoms with E-state index in [9.17, 15) is 4.79 Å². The Morgan fingerprint density at radius 2 is 2.13 bits per heavy atom. The van der Waals surface area contributed by atoms with Crippen LogP contribution in [0, 0.1) is 6.92 Å². The van der Waals surface area contributed by atoms with Crippen LogP contribution in [0.15, 0.2) is 41.3 Å². The molecular formula is C23H25ClN2O3S2. The van der Waals surface area contributed by atoms with Gasteiger partial charge in [-0.1, -0.05) is 29.0 Å². The highest BCUT2D eigenvalue weighted by Gasteiger charge is 2.26. The molecule has 164 valence electrons. The summed E-state index contributed by atoms with van der Waals surface area (Å²) in [7, 11) is 1.65. The molecule has 1 aromatic heterocycles. The second-order valence-electron chi connectivity index (χ2n) is 7.45. The van der Waals surface area contributed by atoms with Crippen molar-refractivity contribution in [2.75, 3.05) is 30.9 Å². The summed E-state index contributed by atoms with van der Waals surface area (Å²) in [5.74, 6) is 1.58. The molecule has 31 heavy (non-hydrogen) atoms. The van der Waals surface area contributed by atoms with Gasteiger partial charge in [-0.15, -0.1) is 11.8 Å². The second kappa shape index (κ2) is 10.2. The number of thiazole rings is 1. The predicted octanol–water partition coefficient (Wildman–Crippen LogP) is 5.96. The Hall–Kier alpha value is -1.80. The van der Waals surface area contributed by atoms with Crippen LogP contribution in [0.2, 0.25) is 5.02 Å². The largest absolute Gasteiger partial charge is 0.497 e. The van der Waals surface area contributed by atoms with E-state index in [0.29, 0.717) is 28.9 Å². The molecule has 1 saturated heterocycles. The number of amides is 1. The summed E-state index contributed by atoms with van der Waals surface area (Å²) in [4.78, 5) is 20.9. The number of carbonyl (C=O) groups is 1. The van der Waals surface area contributed by atoms with Crippen LogP contribution < -0.4 is 9.64 Å². The summed E-state index contributed by atoms with van der Waals surface area (Å²) in [5.41, 5.74) is 1.92. The van der Waals surface area contributed by atoms with E-state index in [4.69, 9.17) is 26.1 Å². The van der Waals surface area contributed by atoms with Crippen LogP contribution in [-0.2, 0) is 9.53 Å². The first-order valence-corrected chi connectivity index (χ1v) is 12.5. The Bertz CT molecular complexity index is 1010. The number of methoxy groups -OCH3 is 1. The fraction of sp³-hybridized carbons (Fsp3) is 0.391. The van der Waals surface area contributed by atoms with E-state index in [-0.39, 0.29) is 12.0 Å². The molecule has 0 spiro atoms. The van der Waals surface area contributed by atoms with E-state index < -0.39 is 0 Å². The van der Waals surface area contributed by atoms with Crippen molar-refractivity contribution < 1.29 is 14.3 Å². The van der Waals surface area contributed by atoms with Crippen molar-refractivity contribution in [1.82, 2.24) is 4.98 Å². The minimum atomic E-state index is 0.0572. The Balaban J connectivity index is 1.49. The van der Waals surface area contributed by atoms with Crippen LogP contribution in [-0.4, -0.2) is 43.0 Å². The van der Waals surface area contributed by atoms with E-state index in [2.05, 4.69) is 0 Å². The molecule has 2 aromatic carbocycles. The molecule has 0 bridgehead atoms. The molecule has 2 heterocycles. The molecule has 1 amide bonds. The quantitative estimate of drug-likeness (QED) is 0.375. The smallest absolute Gasteiger partial charge is 0.229 e. The lowest BCUT2D eigenvalue weighted by Gasteiger charge is -2.23. The number of nitrogens with zero attached hydrogens (tertiary/aromatic N) is 2. The van der Waals surface area contributed by atoms with Gasteiger partial charge in [0.15, 0.2) is 5.13 Å². The van der Waals surface area contributed by atoms with Crippen molar-refractivity contribution in [3.63, 3.8) is 0 Å². The summed E-state index contributed by atoms with van der Waals surface area (Å²) in [6.45, 7) is 3.30. The van der Waals surface area contributed by atoms with Crippen molar-refractivity contribution in [2.45, 2.75) is 37.2 Å². The molecule has 1 aliphatic heterocycles. The summed E-state index contributed by atoms with van der Waals surface area (Å²) < 4.78 is 11.9. The maximum atomic E-state index is 13.2. The zero-order chi connectivity index (χ0) is 21.8. The number of aryl methyl sites for hydroxylation is 1. The number of hydrogen-bond acceptors (Lipinski definition) is 6. The molecule has 1 unspecified atom stereocenters. The van der Waals surface area contributed by atoms with Crippen molar-refractivity contribution >= 4 is 56.0 Å². The van der Waals surface area contributed by atoms with E-state index in [1.54, 1.807) is 23.8 Å². The highest BCUT2D eigenvalue weighted by atomic mass is 35.5. The minimum absolute atomic E-state index is 0.0572. The van der Waals surface area contributed by atoms with Gasteiger partial charge < -0.3 is 9.47 Å². The maximum absolute atomic E-state index is 13.2. The van der Waals surface area contributed by atoms with Crippen molar-refractivity contribution in [3.05, 3.63) is 47.0 Å². The van der Waals surface area contributed by atoms with Gasteiger partial charge in [-0.05, 0) is 55.7 Å². The Morgan fingerprint density at radius 3 is 2.81 bits per heavy atom. The third-order valence-corrected chi connectivity index (χ3v) is 7.82. The molecule has 0 N–H and O–H groups in total. The number of benzene rings is 2. The minimum Gasteiger partial charge on any atom is -0.497 e. The summed E-state index contributed by atoms with van der Waals surface area (Å²) in [6.07, 6.45) is 2.48. The Labute approximate surface area is 195 Å². The monoisotopic (exact) mass is 476 g/mol. The number of hydrogen-bond donors (Lipinski definition) is 0. The van der Waals surface area contributed by atoms with Crippen LogP contribution >= 0.6 is 34.7 Å². The molecule has 1 atom stereocenters. The number of ether oxygens (including phenoxy) is 2. The predicted molar refractivity (Wildman–Crippen MR) is 129 cm³/mol. The van der Waals surface area contributed by atoms with Crippen molar-refractivity contribution in [3.8, 4) is 5.75 Å². The number of halogens is 1. The maximum Gasteiger partial charge on any atom is 0.229 e. The van der Waals surface area contributed by atoms with Gasteiger partial charge in [0, 0.05) is 23.7 Å². The summed E-state index contributed by atoms with van der Waals surface area (Å²) in [5, 5.41) is 1.37. The molecule has 0 radical (unpaired) electrons. The average Bonchev–Trinajstić information content (AvgIpc) is 3.45. The molecule has 8 heteroatoms. The lowest BCUT2D eigenvalue weighted by atomic mass is 10.2. The van der Waals surface area contributed by atoms with Crippen molar-refractivity contribution in [1.29, 1.82) is 0 Å². The van der Waals surface area contributed by atoms with Crippen molar-refractivity contribution in [2.24, 2.45) is 0 Å². The first kappa shape index (κ1) is 22.4. The molecule has 5 nitrogen and oxygen atoms in total. The van der Waals surface area contributed by atoms with E-state index in [0.717, 1.165) is 45.9 Å². The van der Waals surface area contributed by atoms with Crippen LogP contribution in [0.5, 0.6) is 5.75 Å². The highest BCUT2D eigenvalue weighted by Crippen LogP contribution is 2.36. The summed E-state index contributed by atoms with van der Waals surface area (Å²) >= 11 is 9.54. The fourth-order valence-corrected chi connectivity index (χ4v) is 5.73. The zero-order valence-corrected chi connectivity index (χ0v) is 20.0. The van der Waals surface area contributed by atoms with Gasteiger partial charge >= 0.3 is 0 Å². The number of rotatable bonds is 8. The van der Waals surface area contributed by atoms with Gasteiger partial charge in [0.2, 0.25) is 5.91 Å². The molecule has 4 rings (SSSR count). The van der Waals surface area contributed by atoms with Gasteiger partial charge in [0.1, 0.15) is 5.75 Å². The second-order valence-corrected chi connectivity index (χ2v) is 10.0. The standard InChI is InChI=1S/C23H25ClN2O3S2/c1-15-5-10-19(24)22-21(15)25-23(31-22)26(14-17-4-3-12-29-17)20(27)11-13-30-18-8-6-16(28-2)7-9-18/h5-10,17H,3-4,11-14H2,1-2H3. The Kier molecular flexibility index (Phi) is 7.38. The van der Waals surface area contributed by atoms with E-state index in [1.165, 1.54) is 11.3 Å². The van der Waals surface area contributed by atoms with E-state index in [1.807, 2.05) is 43.3 Å². The number of thioether (sulfide) groups is 1. The average molecular weight is 477 g/mol. The number of carbonyl (C=O) groups excluding carboxylic acids is 1. The van der Waals surface area contributed by atoms with Gasteiger partial charge in [0.25, 0.3) is 0 Å². The summed E-state index contributed by atoms with van der Waals surface area (Å²) in [6, 6.07) is 11.7. The molecule has 0 aliphatic carbocycles. The zero-order valence-electron chi connectivity index (χ0n) is 17.6. The van der Waals surface area contributed by atoms with Gasteiger partial charge in [-0.3, -0.25) is 9.69 Å². The molecule has 1 fully saturated rings. The van der Waals surface area contributed by atoms with Crippen LogP contribution in [0.25, 0.3) is 10.2 Å². The molecular weight excluding hydrogens is 452 g/mol. The topological polar surface area (TPSA) is 51.7 Å². The SMILES string of the molecule is COc1ccc(SCCC(=O)N(CC2CCCO2)c2nc3c(C)ccc(Cl)c3s2)cc1. The van der Waals surface area contributed by atoms with E-state index >= 15 is 0 Å². The normalized spacial score (nSPS) is 16.0. The molecule has 0 saturated carbocycles. The molecule has 1 aliphatic rings. The fourth-order valence-electron chi connectivity index (χ4n) is 3.55. The van der Waals surface area contributed by atoms with Gasteiger partial charge in [0.05, 0.1) is 35.0 Å². The molecule has 3 aromatic rings. The third-order valence-electron chi connectivity index (χ3n) is 5.27. The van der Waals surface area contributed by atoms with Gasteiger partial charge in [-0.2, -0.15) is 0 Å². The van der Waals surface area contributed by atoms with Crippen LogP contribution in [0.1, 0.15) is 24.8 Å². The number of fused-ring (bicyclic) bond motifs is 1. The number of anilines is 1. The van der Waals surface area contributed by atoms with Gasteiger partial charge in [-0.25, -0.2) is 4.98 Å². The lowest BCUT2D eigenvalue weighted by Crippen LogP contribution is -2.37. The van der Waals surface area contributed by atoms with Crippen LogP contribution in [0.4, 0.5) is 5.13 Å². The lowest BCUT2D eigenvalue weighted by molar-refractivity contribution is -0.118. The Morgan fingerprint density at radius 1 is 1.32 bits per heavy atom. The first-order valence-electron chi connectivity index (χ1n) is 10.3. The highest BCUT2D eigenvalue weighted by molar-refractivity contribution is 7.99. The third kappa shape index (κ3) is 5.34.